The zero-order chi connectivity index (χ0) is 18.6. The standard InChI is InChI=1S/C21H18FN3OS/c1-15-11-12-23-20-19(15)24-21(27-20)25(17-5-3-2-4-6-17)13-14-26-18-9-7-16(22)8-10-18/h2-12H,13-14H2,1H3. The molecule has 4 rings (SSSR count). The monoisotopic (exact) mass is 379 g/mol. The first kappa shape index (κ1) is 17.4. The Hall–Kier alpha value is -2.99. The van der Waals surface area contributed by atoms with Gasteiger partial charge >= 0.3 is 0 Å². The number of aryl methyl sites for hydroxylation is 1. The van der Waals surface area contributed by atoms with E-state index in [2.05, 4.69) is 9.88 Å². The van der Waals surface area contributed by atoms with Crippen molar-refractivity contribution < 1.29 is 9.13 Å². The number of halogens is 1. The second kappa shape index (κ2) is 7.72. The Balaban J connectivity index is 1.59. The largest absolute Gasteiger partial charge is 0.492 e. The third kappa shape index (κ3) is 3.90. The van der Waals surface area contributed by atoms with E-state index in [9.17, 15) is 4.39 Å². The summed E-state index contributed by atoms with van der Waals surface area (Å²) in [6, 6.07) is 18.1. The molecule has 0 saturated carbocycles. The van der Waals surface area contributed by atoms with Gasteiger partial charge in [0.2, 0.25) is 0 Å². The minimum Gasteiger partial charge on any atom is -0.492 e. The summed E-state index contributed by atoms with van der Waals surface area (Å²) >= 11 is 1.56. The van der Waals surface area contributed by atoms with E-state index in [-0.39, 0.29) is 5.82 Å². The molecule has 0 bridgehead atoms. The molecule has 0 aliphatic carbocycles. The van der Waals surface area contributed by atoms with Crippen molar-refractivity contribution in [1.82, 2.24) is 9.97 Å². The van der Waals surface area contributed by atoms with E-state index >= 15 is 0 Å². The summed E-state index contributed by atoms with van der Waals surface area (Å²) in [7, 11) is 0. The highest BCUT2D eigenvalue weighted by Gasteiger charge is 2.16. The van der Waals surface area contributed by atoms with E-state index in [1.165, 1.54) is 12.1 Å². The van der Waals surface area contributed by atoms with Crippen LogP contribution in [-0.2, 0) is 0 Å². The van der Waals surface area contributed by atoms with Crippen molar-refractivity contribution in [2.45, 2.75) is 6.92 Å². The summed E-state index contributed by atoms with van der Waals surface area (Å²) < 4.78 is 18.8. The van der Waals surface area contributed by atoms with Crippen LogP contribution in [0.5, 0.6) is 5.75 Å². The average molecular weight is 379 g/mol. The summed E-state index contributed by atoms with van der Waals surface area (Å²) in [5, 5.41) is 0.876. The number of para-hydroxylation sites is 1. The number of hydrogen-bond acceptors (Lipinski definition) is 5. The molecule has 0 aliphatic rings. The summed E-state index contributed by atoms with van der Waals surface area (Å²) in [4.78, 5) is 12.3. The number of rotatable bonds is 6. The van der Waals surface area contributed by atoms with Gasteiger partial charge in [-0.2, -0.15) is 0 Å². The van der Waals surface area contributed by atoms with E-state index in [0.717, 1.165) is 26.7 Å². The molecule has 4 aromatic rings. The molecule has 0 radical (unpaired) electrons. The molecule has 2 heterocycles. The van der Waals surface area contributed by atoms with Gasteiger partial charge in [0.25, 0.3) is 0 Å². The van der Waals surface area contributed by atoms with E-state index in [1.807, 2.05) is 49.5 Å². The van der Waals surface area contributed by atoms with Gasteiger partial charge in [0.15, 0.2) is 5.13 Å². The van der Waals surface area contributed by atoms with Gasteiger partial charge in [-0.05, 0) is 55.0 Å². The van der Waals surface area contributed by atoms with E-state index < -0.39 is 0 Å². The summed E-state index contributed by atoms with van der Waals surface area (Å²) in [5.74, 6) is 0.372. The van der Waals surface area contributed by atoms with Crippen LogP contribution in [-0.4, -0.2) is 23.1 Å². The molecule has 27 heavy (non-hydrogen) atoms. The molecule has 2 aromatic heterocycles. The van der Waals surface area contributed by atoms with Gasteiger partial charge in [0, 0.05) is 11.9 Å². The second-order valence-electron chi connectivity index (χ2n) is 6.07. The van der Waals surface area contributed by atoms with Gasteiger partial charge in [-0.15, -0.1) is 0 Å². The van der Waals surface area contributed by atoms with Crippen molar-refractivity contribution in [2.75, 3.05) is 18.1 Å². The number of benzene rings is 2. The molecule has 136 valence electrons. The number of nitrogens with zero attached hydrogens (tertiary/aromatic N) is 3. The Morgan fingerprint density at radius 2 is 1.81 bits per heavy atom. The van der Waals surface area contributed by atoms with Gasteiger partial charge < -0.3 is 9.64 Å². The van der Waals surface area contributed by atoms with Crippen molar-refractivity contribution in [3.8, 4) is 5.75 Å². The quantitative estimate of drug-likeness (QED) is 0.452. The van der Waals surface area contributed by atoms with Crippen LogP contribution in [0, 0.1) is 12.7 Å². The zero-order valence-electron chi connectivity index (χ0n) is 14.8. The number of hydrogen-bond donors (Lipinski definition) is 0. The summed E-state index contributed by atoms with van der Waals surface area (Å²) in [6.45, 7) is 3.10. The molecule has 0 amide bonds. The van der Waals surface area contributed by atoms with Crippen molar-refractivity contribution >= 4 is 32.5 Å². The van der Waals surface area contributed by atoms with Crippen LogP contribution >= 0.6 is 11.3 Å². The van der Waals surface area contributed by atoms with Crippen LogP contribution < -0.4 is 9.64 Å². The molecular weight excluding hydrogens is 361 g/mol. The maximum absolute atomic E-state index is 13.0. The Kier molecular flexibility index (Phi) is 4.98. The van der Waals surface area contributed by atoms with Crippen molar-refractivity contribution in [2.24, 2.45) is 0 Å². The van der Waals surface area contributed by atoms with Crippen LogP contribution in [0.15, 0.2) is 66.9 Å². The Bertz CT molecular complexity index is 1030. The third-order valence-corrected chi connectivity index (χ3v) is 5.17. The lowest BCUT2D eigenvalue weighted by molar-refractivity contribution is 0.327. The van der Waals surface area contributed by atoms with Crippen LogP contribution in [0.1, 0.15) is 5.56 Å². The Labute approximate surface area is 160 Å². The third-order valence-electron chi connectivity index (χ3n) is 4.18. The number of anilines is 2. The summed E-state index contributed by atoms with van der Waals surface area (Å²) in [5.41, 5.74) is 3.08. The van der Waals surface area contributed by atoms with Gasteiger partial charge in [-0.3, -0.25) is 0 Å². The fraction of sp³-hybridized carbons (Fsp3) is 0.143. The Morgan fingerprint density at radius 3 is 2.56 bits per heavy atom. The van der Waals surface area contributed by atoms with Crippen molar-refractivity contribution in [3.63, 3.8) is 0 Å². The van der Waals surface area contributed by atoms with Crippen molar-refractivity contribution in [1.29, 1.82) is 0 Å². The summed E-state index contributed by atoms with van der Waals surface area (Å²) in [6.07, 6.45) is 1.81. The fourth-order valence-corrected chi connectivity index (χ4v) is 3.82. The number of aromatic nitrogens is 2. The molecule has 2 aromatic carbocycles. The number of ether oxygens (including phenoxy) is 1. The minimum absolute atomic E-state index is 0.273. The lowest BCUT2D eigenvalue weighted by atomic mass is 10.3. The van der Waals surface area contributed by atoms with E-state index in [4.69, 9.17) is 9.72 Å². The molecule has 0 aliphatic heterocycles. The van der Waals surface area contributed by atoms with Crippen LogP contribution in [0.4, 0.5) is 15.2 Å². The topological polar surface area (TPSA) is 38.2 Å². The fourth-order valence-electron chi connectivity index (χ4n) is 2.79. The van der Waals surface area contributed by atoms with Gasteiger partial charge in [-0.1, -0.05) is 29.5 Å². The predicted molar refractivity (Wildman–Crippen MR) is 107 cm³/mol. The highest BCUT2D eigenvalue weighted by Crippen LogP contribution is 2.33. The average Bonchev–Trinajstić information content (AvgIpc) is 3.13. The van der Waals surface area contributed by atoms with Crippen LogP contribution in [0.25, 0.3) is 10.3 Å². The van der Waals surface area contributed by atoms with Crippen LogP contribution in [0.2, 0.25) is 0 Å². The van der Waals surface area contributed by atoms with E-state index in [1.54, 1.807) is 23.5 Å². The van der Waals surface area contributed by atoms with Crippen LogP contribution in [0.3, 0.4) is 0 Å². The Morgan fingerprint density at radius 1 is 1.04 bits per heavy atom. The number of thiazole rings is 1. The maximum atomic E-state index is 13.0. The van der Waals surface area contributed by atoms with E-state index in [0.29, 0.717) is 18.9 Å². The SMILES string of the molecule is Cc1ccnc2sc(N(CCOc3ccc(F)cc3)c3ccccc3)nc12. The smallest absolute Gasteiger partial charge is 0.192 e. The first-order valence-electron chi connectivity index (χ1n) is 8.64. The highest BCUT2D eigenvalue weighted by molar-refractivity contribution is 7.21. The molecule has 0 fully saturated rings. The number of fused-ring (bicyclic) bond motifs is 1. The first-order valence-corrected chi connectivity index (χ1v) is 9.45. The van der Waals surface area contributed by atoms with Gasteiger partial charge in [-0.25, -0.2) is 14.4 Å². The highest BCUT2D eigenvalue weighted by atomic mass is 32.1. The first-order chi connectivity index (χ1) is 13.2. The molecule has 4 nitrogen and oxygen atoms in total. The minimum atomic E-state index is -0.273. The normalized spacial score (nSPS) is 10.9. The second-order valence-corrected chi connectivity index (χ2v) is 7.02. The zero-order valence-corrected chi connectivity index (χ0v) is 15.6. The molecule has 0 saturated heterocycles. The van der Waals surface area contributed by atoms with Gasteiger partial charge in [0.1, 0.15) is 28.5 Å². The molecule has 0 spiro atoms. The lowest BCUT2D eigenvalue weighted by Gasteiger charge is -2.22. The maximum Gasteiger partial charge on any atom is 0.192 e. The predicted octanol–water partition coefficient (Wildman–Crippen LogP) is 5.36. The molecule has 0 unspecified atom stereocenters. The molecular formula is C21H18FN3OS. The van der Waals surface area contributed by atoms with Gasteiger partial charge in [0.05, 0.1) is 6.54 Å². The number of pyridine rings is 1. The molecule has 0 N–H and O–H groups in total. The lowest BCUT2D eigenvalue weighted by Crippen LogP contribution is -2.23. The molecule has 6 heteroatoms. The molecule has 0 atom stereocenters. The van der Waals surface area contributed by atoms with Crippen molar-refractivity contribution in [3.05, 3.63) is 78.2 Å².